The first-order valence-corrected chi connectivity index (χ1v) is 7.06. The highest BCUT2D eigenvalue weighted by molar-refractivity contribution is 5.89. The molecule has 0 aliphatic carbocycles. The van der Waals surface area contributed by atoms with Crippen LogP contribution in [0, 0.1) is 0 Å². The minimum atomic E-state index is -0.894. The van der Waals surface area contributed by atoms with E-state index in [-0.39, 0.29) is 6.04 Å². The number of carboxylic acids is 1. The molecular weight excluding hydrogens is 268 g/mol. The van der Waals surface area contributed by atoms with Gasteiger partial charge in [-0.1, -0.05) is 6.07 Å². The largest absolute Gasteiger partial charge is 0.478 e. The van der Waals surface area contributed by atoms with Gasteiger partial charge in [-0.25, -0.2) is 14.5 Å². The number of anilines is 1. The van der Waals surface area contributed by atoms with E-state index in [0.717, 1.165) is 24.5 Å². The lowest BCUT2D eigenvalue weighted by Crippen LogP contribution is -2.23. The van der Waals surface area contributed by atoms with Crippen molar-refractivity contribution in [1.82, 2.24) is 14.8 Å². The van der Waals surface area contributed by atoms with Gasteiger partial charge in [0, 0.05) is 18.3 Å². The molecule has 0 atom stereocenters. The quantitative estimate of drug-likeness (QED) is 0.932. The lowest BCUT2D eigenvalue weighted by molar-refractivity contribution is 0.0697. The predicted molar refractivity (Wildman–Crippen MR) is 78.6 cm³/mol. The number of carboxylic acid groups (broad SMARTS) is 1. The Labute approximate surface area is 123 Å². The van der Waals surface area contributed by atoms with Gasteiger partial charge in [-0.2, -0.15) is 5.10 Å². The van der Waals surface area contributed by atoms with Crippen LogP contribution in [0.25, 0.3) is 0 Å². The molecule has 6 nitrogen and oxygen atoms in total. The van der Waals surface area contributed by atoms with Crippen molar-refractivity contribution in [2.24, 2.45) is 0 Å². The zero-order valence-corrected chi connectivity index (χ0v) is 12.2. The summed E-state index contributed by atoms with van der Waals surface area (Å²) >= 11 is 0. The third-order valence-electron chi connectivity index (χ3n) is 3.79. The number of fused-ring (bicyclic) bond motifs is 1. The molecular formula is C15H18N4O2. The molecule has 0 amide bonds. The van der Waals surface area contributed by atoms with Crippen LogP contribution < -0.4 is 4.90 Å². The van der Waals surface area contributed by atoms with Crippen molar-refractivity contribution in [2.75, 3.05) is 11.4 Å². The van der Waals surface area contributed by atoms with Gasteiger partial charge < -0.3 is 10.0 Å². The Morgan fingerprint density at radius 2 is 2.24 bits per heavy atom. The maximum atomic E-state index is 11.1. The van der Waals surface area contributed by atoms with Gasteiger partial charge in [0.15, 0.2) is 0 Å². The molecule has 2 heterocycles. The summed E-state index contributed by atoms with van der Waals surface area (Å²) in [5, 5.41) is 13.4. The Morgan fingerprint density at radius 3 is 2.95 bits per heavy atom. The number of aromatic nitrogens is 3. The van der Waals surface area contributed by atoms with Gasteiger partial charge in [0.05, 0.1) is 12.1 Å². The Kier molecular flexibility index (Phi) is 3.37. The summed E-state index contributed by atoms with van der Waals surface area (Å²) in [7, 11) is 0. The average molecular weight is 286 g/mol. The Balaban J connectivity index is 1.88. The summed E-state index contributed by atoms with van der Waals surface area (Å²) in [6, 6.07) is 5.59. The second kappa shape index (κ2) is 5.20. The molecule has 0 bridgehead atoms. The molecule has 1 aliphatic rings. The van der Waals surface area contributed by atoms with E-state index in [1.54, 1.807) is 18.5 Å². The number of hydrogen-bond acceptors (Lipinski definition) is 4. The van der Waals surface area contributed by atoms with Crippen molar-refractivity contribution in [3.05, 3.63) is 41.5 Å². The van der Waals surface area contributed by atoms with Gasteiger partial charge in [0.25, 0.3) is 0 Å². The molecule has 0 saturated carbocycles. The summed E-state index contributed by atoms with van der Waals surface area (Å²) in [6.45, 7) is 5.66. The fourth-order valence-corrected chi connectivity index (χ4v) is 2.73. The standard InChI is InChI=1S/C15H18N4O2/c1-10(2)19-14(16-9-17-19)8-18-6-5-11-3-4-12(15(20)21)7-13(11)18/h3-4,7,9-10H,5-6,8H2,1-2H3,(H,20,21). The molecule has 6 heteroatoms. The minimum absolute atomic E-state index is 0.259. The summed E-state index contributed by atoms with van der Waals surface area (Å²) in [6.07, 6.45) is 2.50. The third-order valence-corrected chi connectivity index (χ3v) is 3.79. The van der Waals surface area contributed by atoms with Crippen LogP contribution in [-0.2, 0) is 13.0 Å². The first-order valence-electron chi connectivity index (χ1n) is 7.06. The van der Waals surface area contributed by atoms with Crippen LogP contribution in [-0.4, -0.2) is 32.4 Å². The summed E-state index contributed by atoms with van der Waals surface area (Å²) in [4.78, 5) is 17.6. The second-order valence-electron chi connectivity index (χ2n) is 5.53. The van der Waals surface area contributed by atoms with Crippen molar-refractivity contribution < 1.29 is 9.90 Å². The number of nitrogens with zero attached hydrogens (tertiary/aromatic N) is 4. The number of rotatable bonds is 4. The highest BCUT2D eigenvalue weighted by atomic mass is 16.4. The van der Waals surface area contributed by atoms with E-state index in [4.69, 9.17) is 5.11 Å². The van der Waals surface area contributed by atoms with Gasteiger partial charge in [-0.3, -0.25) is 0 Å². The molecule has 0 saturated heterocycles. The number of carbonyl (C=O) groups is 1. The first kappa shape index (κ1) is 13.6. The van der Waals surface area contributed by atoms with Crippen LogP contribution in [0.1, 0.15) is 41.6 Å². The van der Waals surface area contributed by atoms with Crippen molar-refractivity contribution >= 4 is 11.7 Å². The van der Waals surface area contributed by atoms with Crippen LogP contribution in [0.4, 0.5) is 5.69 Å². The zero-order chi connectivity index (χ0) is 15.0. The van der Waals surface area contributed by atoms with E-state index in [1.807, 2.05) is 10.7 Å². The number of benzene rings is 1. The Bertz CT molecular complexity index is 678. The molecule has 21 heavy (non-hydrogen) atoms. The number of aromatic carboxylic acids is 1. The molecule has 1 aromatic carbocycles. The average Bonchev–Trinajstić information content (AvgIpc) is 3.06. The lowest BCUT2D eigenvalue weighted by atomic mass is 10.1. The van der Waals surface area contributed by atoms with Crippen LogP contribution in [0.5, 0.6) is 0 Å². The van der Waals surface area contributed by atoms with Gasteiger partial charge >= 0.3 is 5.97 Å². The van der Waals surface area contributed by atoms with Crippen LogP contribution >= 0.6 is 0 Å². The van der Waals surface area contributed by atoms with Gasteiger partial charge in [0.1, 0.15) is 12.2 Å². The predicted octanol–water partition coefficient (Wildman–Crippen LogP) is 2.12. The molecule has 1 aromatic heterocycles. The minimum Gasteiger partial charge on any atom is -0.478 e. The molecule has 110 valence electrons. The molecule has 0 radical (unpaired) electrons. The summed E-state index contributed by atoms with van der Waals surface area (Å²) in [5.41, 5.74) is 2.51. The molecule has 0 fully saturated rings. The molecule has 1 aliphatic heterocycles. The Hall–Kier alpha value is -2.37. The SMILES string of the molecule is CC(C)n1ncnc1CN1CCc2ccc(C(=O)O)cc21. The number of hydrogen-bond donors (Lipinski definition) is 1. The van der Waals surface area contributed by atoms with Crippen molar-refractivity contribution in [3.8, 4) is 0 Å². The highest BCUT2D eigenvalue weighted by Gasteiger charge is 2.22. The second-order valence-corrected chi connectivity index (χ2v) is 5.53. The fraction of sp³-hybridized carbons (Fsp3) is 0.400. The van der Waals surface area contributed by atoms with Crippen LogP contribution in [0.3, 0.4) is 0 Å². The maximum absolute atomic E-state index is 11.1. The highest BCUT2D eigenvalue weighted by Crippen LogP contribution is 2.30. The van der Waals surface area contributed by atoms with E-state index in [0.29, 0.717) is 12.1 Å². The lowest BCUT2D eigenvalue weighted by Gasteiger charge is -2.20. The van der Waals surface area contributed by atoms with E-state index in [2.05, 4.69) is 28.8 Å². The molecule has 2 aromatic rings. The van der Waals surface area contributed by atoms with Crippen molar-refractivity contribution in [3.63, 3.8) is 0 Å². The van der Waals surface area contributed by atoms with Crippen molar-refractivity contribution in [2.45, 2.75) is 32.9 Å². The van der Waals surface area contributed by atoms with E-state index < -0.39 is 5.97 Å². The smallest absolute Gasteiger partial charge is 0.335 e. The molecule has 3 rings (SSSR count). The molecule has 0 spiro atoms. The summed E-state index contributed by atoms with van der Waals surface area (Å²) in [5.74, 6) is 0.00794. The van der Waals surface area contributed by atoms with Crippen LogP contribution in [0.2, 0.25) is 0 Å². The topological polar surface area (TPSA) is 71.2 Å². The normalized spacial score (nSPS) is 13.8. The van der Waals surface area contributed by atoms with Crippen LogP contribution in [0.15, 0.2) is 24.5 Å². The zero-order valence-electron chi connectivity index (χ0n) is 12.2. The van der Waals surface area contributed by atoms with Gasteiger partial charge in [0.2, 0.25) is 0 Å². The van der Waals surface area contributed by atoms with E-state index >= 15 is 0 Å². The fourth-order valence-electron chi connectivity index (χ4n) is 2.73. The monoisotopic (exact) mass is 286 g/mol. The van der Waals surface area contributed by atoms with Gasteiger partial charge in [-0.05, 0) is 38.0 Å². The van der Waals surface area contributed by atoms with E-state index in [9.17, 15) is 4.79 Å². The van der Waals surface area contributed by atoms with Gasteiger partial charge in [-0.15, -0.1) is 0 Å². The molecule has 0 unspecified atom stereocenters. The summed E-state index contributed by atoms with van der Waals surface area (Å²) < 4.78 is 1.90. The maximum Gasteiger partial charge on any atom is 0.335 e. The molecule has 1 N–H and O–H groups in total. The third kappa shape index (κ3) is 2.49. The van der Waals surface area contributed by atoms with Crippen molar-refractivity contribution in [1.29, 1.82) is 0 Å². The Morgan fingerprint density at radius 1 is 1.43 bits per heavy atom. The first-order chi connectivity index (χ1) is 10.1. The van der Waals surface area contributed by atoms with E-state index in [1.165, 1.54) is 5.56 Å².